The first kappa shape index (κ1) is 13.5. The first-order valence-corrected chi connectivity index (χ1v) is 5.94. The van der Waals surface area contributed by atoms with Gasteiger partial charge in [-0.1, -0.05) is 0 Å². The summed E-state index contributed by atoms with van der Waals surface area (Å²) in [5.41, 5.74) is 0.754. The fourth-order valence-electron chi connectivity index (χ4n) is 1.27. The molecule has 0 atom stereocenters. The smallest absolute Gasteiger partial charge is 0.319 e. The Bertz CT molecular complexity index is 395. The highest BCUT2D eigenvalue weighted by Crippen LogP contribution is 2.11. The summed E-state index contributed by atoms with van der Waals surface area (Å²) in [7, 11) is 0. The molecule has 90 valence electrons. The lowest BCUT2D eigenvalue weighted by Crippen LogP contribution is -2.29. The van der Waals surface area contributed by atoms with E-state index in [9.17, 15) is 4.79 Å². The predicted molar refractivity (Wildman–Crippen MR) is 73.4 cm³/mol. The van der Waals surface area contributed by atoms with E-state index in [0.29, 0.717) is 6.54 Å². The van der Waals surface area contributed by atoms with Crippen LogP contribution < -0.4 is 10.6 Å². The number of carbonyl (C=O) groups is 1. The van der Waals surface area contributed by atoms with Gasteiger partial charge >= 0.3 is 6.03 Å². The minimum Gasteiger partial charge on any atom is -0.338 e. The molecule has 0 aliphatic heterocycles. The van der Waals surface area contributed by atoms with Crippen LogP contribution in [0, 0.1) is 12.3 Å². The number of rotatable bonds is 5. The molecule has 1 rings (SSSR count). The summed E-state index contributed by atoms with van der Waals surface area (Å²) in [5, 5.41) is 5.50. The monoisotopic (exact) mass is 248 g/mol. The normalized spacial score (nSPS) is 9.41. The highest BCUT2D eigenvalue weighted by Gasteiger charge is 1.99. The molecule has 3 nitrogen and oxygen atoms in total. The maximum atomic E-state index is 11.4. The molecule has 0 heterocycles. The van der Waals surface area contributed by atoms with E-state index >= 15 is 0 Å². The van der Waals surface area contributed by atoms with Crippen LogP contribution in [-0.2, 0) is 0 Å². The van der Waals surface area contributed by atoms with Crippen molar-refractivity contribution in [3.05, 3.63) is 24.3 Å². The molecule has 0 unspecified atom stereocenters. The van der Waals surface area contributed by atoms with Gasteiger partial charge in [-0.25, -0.2) is 4.79 Å². The highest BCUT2D eigenvalue weighted by atomic mass is 32.1. The molecular formula is C13H16N2OS. The second-order valence-corrected chi connectivity index (χ2v) is 4.11. The summed E-state index contributed by atoms with van der Waals surface area (Å²) in [6.45, 7) is 0.637. The topological polar surface area (TPSA) is 41.1 Å². The van der Waals surface area contributed by atoms with Crippen molar-refractivity contribution in [3.8, 4) is 12.3 Å². The van der Waals surface area contributed by atoms with Crippen molar-refractivity contribution in [2.75, 3.05) is 11.9 Å². The van der Waals surface area contributed by atoms with Gasteiger partial charge < -0.3 is 10.6 Å². The number of amides is 2. The van der Waals surface area contributed by atoms with Crippen molar-refractivity contribution >= 4 is 24.3 Å². The van der Waals surface area contributed by atoms with Crippen LogP contribution in [0.3, 0.4) is 0 Å². The number of terminal acetylenes is 1. The van der Waals surface area contributed by atoms with Crippen molar-refractivity contribution in [1.82, 2.24) is 5.32 Å². The number of anilines is 1. The number of nitrogens with one attached hydrogen (secondary N) is 2. The molecule has 0 spiro atoms. The molecular weight excluding hydrogens is 232 g/mol. The summed E-state index contributed by atoms with van der Waals surface area (Å²) in [5.74, 6) is 2.57. The summed E-state index contributed by atoms with van der Waals surface area (Å²) in [6.07, 6.45) is 7.72. The quantitative estimate of drug-likeness (QED) is 0.418. The van der Waals surface area contributed by atoms with E-state index in [2.05, 4.69) is 29.2 Å². The van der Waals surface area contributed by atoms with Crippen LogP contribution >= 0.6 is 12.6 Å². The Morgan fingerprint density at radius 2 is 2.00 bits per heavy atom. The maximum absolute atomic E-state index is 11.4. The van der Waals surface area contributed by atoms with Crippen molar-refractivity contribution in [3.63, 3.8) is 0 Å². The minimum absolute atomic E-state index is 0.197. The van der Waals surface area contributed by atoms with Gasteiger partial charge in [-0.05, 0) is 37.1 Å². The van der Waals surface area contributed by atoms with E-state index in [-0.39, 0.29) is 6.03 Å². The van der Waals surface area contributed by atoms with Gasteiger partial charge in [0, 0.05) is 23.5 Å². The molecule has 0 aromatic heterocycles. The average molecular weight is 248 g/mol. The summed E-state index contributed by atoms with van der Waals surface area (Å²) >= 11 is 4.17. The molecule has 2 amide bonds. The van der Waals surface area contributed by atoms with E-state index in [1.54, 1.807) is 12.1 Å². The van der Waals surface area contributed by atoms with E-state index in [1.807, 2.05) is 12.1 Å². The molecule has 0 saturated carbocycles. The summed E-state index contributed by atoms with van der Waals surface area (Å²) in [4.78, 5) is 12.3. The zero-order valence-electron chi connectivity index (χ0n) is 9.57. The van der Waals surface area contributed by atoms with E-state index in [4.69, 9.17) is 6.42 Å². The van der Waals surface area contributed by atoms with Crippen LogP contribution in [0.15, 0.2) is 29.2 Å². The lowest BCUT2D eigenvalue weighted by Gasteiger charge is -2.07. The first-order valence-electron chi connectivity index (χ1n) is 5.49. The van der Waals surface area contributed by atoms with Gasteiger partial charge in [-0.15, -0.1) is 25.0 Å². The lowest BCUT2D eigenvalue weighted by atomic mass is 10.2. The number of carbonyl (C=O) groups excluding carboxylic acids is 1. The molecule has 0 saturated heterocycles. The third-order valence-electron chi connectivity index (χ3n) is 2.16. The van der Waals surface area contributed by atoms with Gasteiger partial charge in [0.05, 0.1) is 0 Å². The molecule has 0 fully saturated rings. The van der Waals surface area contributed by atoms with Crippen molar-refractivity contribution in [2.45, 2.75) is 24.2 Å². The van der Waals surface area contributed by atoms with E-state index in [0.717, 1.165) is 29.8 Å². The second kappa shape index (κ2) is 7.64. The number of unbranched alkanes of at least 4 members (excludes halogenated alkanes) is 2. The fraction of sp³-hybridized carbons (Fsp3) is 0.308. The van der Waals surface area contributed by atoms with Gasteiger partial charge in [0.1, 0.15) is 0 Å². The average Bonchev–Trinajstić information content (AvgIpc) is 2.32. The molecule has 0 aliphatic rings. The standard InChI is InChI=1S/C13H16N2OS/c1-2-3-4-5-10-14-13(16)15-11-6-8-12(17)9-7-11/h1,6-9,17H,3-5,10H2,(H2,14,15,16). The van der Waals surface area contributed by atoms with E-state index in [1.165, 1.54) is 0 Å². The Balaban J connectivity index is 2.21. The molecule has 0 bridgehead atoms. The number of hydrogen-bond acceptors (Lipinski definition) is 2. The first-order chi connectivity index (χ1) is 8.22. The maximum Gasteiger partial charge on any atom is 0.319 e. The summed E-state index contributed by atoms with van der Waals surface area (Å²) in [6, 6.07) is 7.07. The highest BCUT2D eigenvalue weighted by molar-refractivity contribution is 7.80. The van der Waals surface area contributed by atoms with Crippen LogP contribution in [0.25, 0.3) is 0 Å². The Morgan fingerprint density at radius 1 is 1.29 bits per heavy atom. The van der Waals surface area contributed by atoms with Gasteiger partial charge in [-0.3, -0.25) is 0 Å². The molecule has 4 heteroatoms. The molecule has 0 radical (unpaired) electrons. The number of urea groups is 1. The number of thiol groups is 1. The zero-order chi connectivity index (χ0) is 12.5. The van der Waals surface area contributed by atoms with Crippen molar-refractivity contribution in [1.29, 1.82) is 0 Å². The second-order valence-electron chi connectivity index (χ2n) is 3.59. The van der Waals surface area contributed by atoms with Gasteiger partial charge in [0.25, 0.3) is 0 Å². The molecule has 0 aliphatic carbocycles. The lowest BCUT2D eigenvalue weighted by molar-refractivity contribution is 0.252. The van der Waals surface area contributed by atoms with Crippen LogP contribution in [-0.4, -0.2) is 12.6 Å². The van der Waals surface area contributed by atoms with Crippen LogP contribution in [0.2, 0.25) is 0 Å². The Morgan fingerprint density at radius 3 is 2.65 bits per heavy atom. The molecule has 17 heavy (non-hydrogen) atoms. The molecule has 2 N–H and O–H groups in total. The van der Waals surface area contributed by atoms with Crippen molar-refractivity contribution in [2.24, 2.45) is 0 Å². The van der Waals surface area contributed by atoms with Gasteiger partial charge in [-0.2, -0.15) is 0 Å². The molecule has 1 aromatic rings. The van der Waals surface area contributed by atoms with Crippen LogP contribution in [0.1, 0.15) is 19.3 Å². The fourth-order valence-corrected chi connectivity index (χ4v) is 1.42. The zero-order valence-corrected chi connectivity index (χ0v) is 10.5. The SMILES string of the molecule is C#CCCCCNC(=O)Nc1ccc(S)cc1. The third kappa shape index (κ3) is 5.88. The summed E-state index contributed by atoms with van der Waals surface area (Å²) < 4.78 is 0. The van der Waals surface area contributed by atoms with Crippen LogP contribution in [0.5, 0.6) is 0 Å². The predicted octanol–water partition coefficient (Wildman–Crippen LogP) is 2.90. The third-order valence-corrected chi connectivity index (χ3v) is 2.46. The largest absolute Gasteiger partial charge is 0.338 e. The van der Waals surface area contributed by atoms with Crippen LogP contribution in [0.4, 0.5) is 10.5 Å². The van der Waals surface area contributed by atoms with Crippen molar-refractivity contribution < 1.29 is 4.79 Å². The number of benzene rings is 1. The Kier molecular flexibility index (Phi) is 6.05. The van der Waals surface area contributed by atoms with Gasteiger partial charge in [0.15, 0.2) is 0 Å². The Labute approximate surface area is 107 Å². The molecule has 1 aromatic carbocycles. The van der Waals surface area contributed by atoms with E-state index < -0.39 is 0 Å². The minimum atomic E-state index is -0.197. The number of hydrogen-bond donors (Lipinski definition) is 3. The van der Waals surface area contributed by atoms with Gasteiger partial charge in [0.2, 0.25) is 0 Å². The Hall–Kier alpha value is -1.60.